The molecule has 3 aromatic carbocycles. The summed E-state index contributed by atoms with van der Waals surface area (Å²) in [6.45, 7) is 0.00760. The van der Waals surface area contributed by atoms with Crippen LogP contribution < -0.4 is 14.8 Å². The van der Waals surface area contributed by atoms with Gasteiger partial charge in [-0.15, -0.1) is 0 Å². The molecule has 0 spiro atoms. The fourth-order valence-electron chi connectivity index (χ4n) is 3.24. The Balaban J connectivity index is 1.40. The van der Waals surface area contributed by atoms with Crippen LogP contribution >= 0.6 is 35.0 Å². The number of hydrogen-bond donors (Lipinski definition) is 1. The van der Waals surface area contributed by atoms with E-state index in [9.17, 15) is 14.4 Å². The van der Waals surface area contributed by atoms with Crippen molar-refractivity contribution < 1.29 is 23.9 Å². The first-order valence-electron chi connectivity index (χ1n) is 10.8. The Bertz CT molecular complexity index is 1300. The molecule has 3 amide bonds. The standard InChI is InChI=1S/C26H20Cl2N2O5S/c27-18-6-9-20(10-7-18)29-24(31)16-35-22-11-8-19(28)14-17(22)15-23-25(32)30(26(33)36-23)12-13-34-21-4-2-1-3-5-21/h1-11,14-15H,12-13,16H2,(H,29,31)/b23-15-. The topological polar surface area (TPSA) is 84.9 Å². The van der Waals surface area contributed by atoms with Gasteiger partial charge in [0.2, 0.25) is 0 Å². The lowest BCUT2D eigenvalue weighted by atomic mass is 10.2. The van der Waals surface area contributed by atoms with Crippen molar-refractivity contribution in [2.45, 2.75) is 0 Å². The van der Waals surface area contributed by atoms with E-state index in [2.05, 4.69) is 5.32 Å². The van der Waals surface area contributed by atoms with Gasteiger partial charge in [0, 0.05) is 21.3 Å². The summed E-state index contributed by atoms with van der Waals surface area (Å²) in [6.07, 6.45) is 1.53. The van der Waals surface area contributed by atoms with Gasteiger partial charge in [0.05, 0.1) is 11.4 Å². The lowest BCUT2D eigenvalue weighted by Crippen LogP contribution is -2.32. The second-order valence-corrected chi connectivity index (χ2v) is 9.39. The number of amides is 3. The minimum absolute atomic E-state index is 0.112. The summed E-state index contributed by atoms with van der Waals surface area (Å²) in [7, 11) is 0. The molecule has 0 bridgehead atoms. The van der Waals surface area contributed by atoms with Crippen molar-refractivity contribution in [3.05, 3.63) is 93.3 Å². The van der Waals surface area contributed by atoms with E-state index >= 15 is 0 Å². The number of thioether (sulfide) groups is 1. The molecule has 0 aliphatic carbocycles. The third-order valence-corrected chi connectivity index (χ3v) is 6.34. The highest BCUT2D eigenvalue weighted by atomic mass is 35.5. The number of anilines is 1. The summed E-state index contributed by atoms with van der Waals surface area (Å²) in [5.74, 6) is 0.177. The van der Waals surface area contributed by atoms with Crippen molar-refractivity contribution in [1.29, 1.82) is 0 Å². The number of rotatable bonds is 9. The molecule has 10 heteroatoms. The van der Waals surface area contributed by atoms with Gasteiger partial charge in [-0.05, 0) is 72.4 Å². The van der Waals surface area contributed by atoms with E-state index in [-0.39, 0.29) is 30.6 Å². The van der Waals surface area contributed by atoms with Gasteiger partial charge in [0.25, 0.3) is 17.1 Å². The van der Waals surface area contributed by atoms with E-state index < -0.39 is 11.1 Å². The van der Waals surface area contributed by atoms with Gasteiger partial charge in [-0.25, -0.2) is 0 Å². The first-order chi connectivity index (χ1) is 17.4. The number of hydrogen-bond acceptors (Lipinski definition) is 6. The van der Waals surface area contributed by atoms with E-state index in [1.54, 1.807) is 54.6 Å². The van der Waals surface area contributed by atoms with Gasteiger partial charge in [-0.1, -0.05) is 41.4 Å². The zero-order valence-electron chi connectivity index (χ0n) is 18.8. The number of imide groups is 1. The van der Waals surface area contributed by atoms with Crippen molar-refractivity contribution in [3.8, 4) is 11.5 Å². The van der Waals surface area contributed by atoms with Crippen molar-refractivity contribution >= 4 is 63.8 Å². The molecule has 7 nitrogen and oxygen atoms in total. The predicted octanol–water partition coefficient (Wildman–Crippen LogP) is 6.13. The number of nitrogens with one attached hydrogen (secondary N) is 1. The molecule has 36 heavy (non-hydrogen) atoms. The van der Waals surface area contributed by atoms with Crippen LogP contribution in [0.5, 0.6) is 11.5 Å². The summed E-state index contributed by atoms with van der Waals surface area (Å²) in [5.41, 5.74) is 1.04. The van der Waals surface area contributed by atoms with Gasteiger partial charge in [-0.3, -0.25) is 19.3 Å². The fourth-order valence-corrected chi connectivity index (χ4v) is 4.41. The van der Waals surface area contributed by atoms with Crippen LogP contribution in [0.25, 0.3) is 6.08 Å². The molecule has 1 aliphatic heterocycles. The van der Waals surface area contributed by atoms with E-state index in [1.165, 1.54) is 6.08 Å². The van der Waals surface area contributed by atoms with Crippen molar-refractivity contribution in [3.63, 3.8) is 0 Å². The van der Waals surface area contributed by atoms with Crippen LogP contribution in [0, 0.1) is 0 Å². The van der Waals surface area contributed by atoms with Crippen LogP contribution in [-0.4, -0.2) is 41.7 Å². The quantitative estimate of drug-likeness (QED) is 0.327. The maximum Gasteiger partial charge on any atom is 0.293 e. The summed E-state index contributed by atoms with van der Waals surface area (Å²) in [4.78, 5) is 39.0. The van der Waals surface area contributed by atoms with E-state index in [0.29, 0.717) is 32.8 Å². The molecule has 0 aromatic heterocycles. The number of nitrogens with zero attached hydrogens (tertiary/aromatic N) is 1. The molecule has 0 radical (unpaired) electrons. The van der Waals surface area contributed by atoms with Crippen molar-refractivity contribution in [2.24, 2.45) is 0 Å². The van der Waals surface area contributed by atoms with Crippen LogP contribution in [0.15, 0.2) is 77.7 Å². The molecule has 0 atom stereocenters. The average Bonchev–Trinajstić information content (AvgIpc) is 3.13. The van der Waals surface area contributed by atoms with Gasteiger partial charge in [0.1, 0.15) is 18.1 Å². The Morgan fingerprint density at radius 3 is 2.42 bits per heavy atom. The normalized spacial score (nSPS) is 14.3. The highest BCUT2D eigenvalue weighted by molar-refractivity contribution is 8.18. The molecule has 1 heterocycles. The van der Waals surface area contributed by atoms with Crippen LogP contribution in [0.4, 0.5) is 10.5 Å². The lowest BCUT2D eigenvalue weighted by molar-refractivity contribution is -0.123. The van der Waals surface area contributed by atoms with Crippen LogP contribution in [-0.2, 0) is 9.59 Å². The van der Waals surface area contributed by atoms with E-state index in [1.807, 2.05) is 18.2 Å². The summed E-state index contributed by atoms with van der Waals surface area (Å²) in [6, 6.07) is 20.6. The van der Waals surface area contributed by atoms with E-state index in [0.717, 1.165) is 16.7 Å². The van der Waals surface area contributed by atoms with E-state index in [4.69, 9.17) is 32.7 Å². The summed E-state index contributed by atoms with van der Waals surface area (Å²) < 4.78 is 11.3. The molecule has 1 N–H and O–H groups in total. The highest BCUT2D eigenvalue weighted by Crippen LogP contribution is 2.34. The Hall–Kier alpha value is -3.46. The monoisotopic (exact) mass is 542 g/mol. The molecule has 184 valence electrons. The van der Waals surface area contributed by atoms with Crippen molar-refractivity contribution in [1.82, 2.24) is 4.90 Å². The fraction of sp³-hybridized carbons (Fsp3) is 0.115. The molecule has 1 aliphatic rings. The average molecular weight is 543 g/mol. The zero-order valence-corrected chi connectivity index (χ0v) is 21.1. The Morgan fingerprint density at radius 2 is 1.67 bits per heavy atom. The maximum absolute atomic E-state index is 12.9. The Labute approximate surface area is 222 Å². The van der Waals surface area contributed by atoms with Crippen LogP contribution in [0.2, 0.25) is 10.0 Å². The summed E-state index contributed by atoms with van der Waals surface area (Å²) in [5, 5.41) is 3.28. The third-order valence-electron chi connectivity index (χ3n) is 4.95. The number of halogens is 2. The Morgan fingerprint density at radius 1 is 0.944 bits per heavy atom. The van der Waals surface area contributed by atoms with Gasteiger partial charge in [-0.2, -0.15) is 0 Å². The molecule has 1 fully saturated rings. The number of carbonyl (C=O) groups excluding carboxylic acids is 3. The first-order valence-corrected chi connectivity index (χ1v) is 12.4. The van der Waals surface area contributed by atoms with Gasteiger partial charge in [0.15, 0.2) is 6.61 Å². The second kappa shape index (κ2) is 12.0. The number of benzene rings is 3. The number of para-hydroxylation sites is 1. The molecular weight excluding hydrogens is 523 g/mol. The molecular formula is C26H20Cl2N2O5S. The highest BCUT2D eigenvalue weighted by Gasteiger charge is 2.35. The molecule has 4 rings (SSSR count). The SMILES string of the molecule is O=C(COc1ccc(Cl)cc1/C=C1\SC(=O)N(CCOc2ccccc2)C1=O)Nc1ccc(Cl)cc1. The minimum Gasteiger partial charge on any atom is -0.492 e. The number of ether oxygens (including phenoxy) is 2. The smallest absolute Gasteiger partial charge is 0.293 e. The number of carbonyl (C=O) groups is 3. The maximum atomic E-state index is 12.9. The molecule has 3 aromatic rings. The van der Waals surface area contributed by atoms with Crippen LogP contribution in [0.1, 0.15) is 5.56 Å². The first kappa shape index (κ1) is 25.6. The largest absolute Gasteiger partial charge is 0.492 e. The second-order valence-electron chi connectivity index (χ2n) is 7.52. The Kier molecular flexibility index (Phi) is 8.53. The van der Waals surface area contributed by atoms with Crippen molar-refractivity contribution in [2.75, 3.05) is 25.1 Å². The predicted molar refractivity (Wildman–Crippen MR) is 142 cm³/mol. The minimum atomic E-state index is -0.437. The molecule has 0 saturated carbocycles. The van der Waals surface area contributed by atoms with Gasteiger partial charge >= 0.3 is 0 Å². The van der Waals surface area contributed by atoms with Crippen LogP contribution in [0.3, 0.4) is 0 Å². The summed E-state index contributed by atoms with van der Waals surface area (Å²) >= 11 is 12.8. The lowest BCUT2D eigenvalue weighted by Gasteiger charge is -2.13. The third kappa shape index (κ3) is 6.81. The molecule has 1 saturated heterocycles. The zero-order chi connectivity index (χ0) is 25.5. The molecule has 0 unspecified atom stereocenters. The van der Waals surface area contributed by atoms with Gasteiger partial charge < -0.3 is 14.8 Å².